The topological polar surface area (TPSA) is 66.0 Å². The second kappa shape index (κ2) is 13.7. The Morgan fingerprint density at radius 1 is 1.28 bits per heavy atom. The summed E-state index contributed by atoms with van der Waals surface area (Å²) < 4.78 is 5.76. The van der Waals surface area contributed by atoms with Gasteiger partial charge in [-0.2, -0.15) is 0 Å². The lowest BCUT2D eigenvalue weighted by molar-refractivity contribution is -0.129. The van der Waals surface area contributed by atoms with E-state index in [0.29, 0.717) is 31.5 Å². The molecule has 1 atom stereocenters. The second-order valence-electron chi connectivity index (χ2n) is 7.21. The van der Waals surface area contributed by atoms with E-state index in [4.69, 9.17) is 9.73 Å². The lowest BCUT2D eigenvalue weighted by Gasteiger charge is -2.27. The SMILES string of the molecule is CCNC(=NCc1ccc(C)cc1OCC)NCCC(CC)N1CCCC1=O.I. The molecule has 2 rings (SSSR count). The molecule has 2 N–H and O–H groups in total. The van der Waals surface area contributed by atoms with Crippen LogP contribution in [0, 0.1) is 6.92 Å². The van der Waals surface area contributed by atoms with Crippen molar-refractivity contribution in [3.63, 3.8) is 0 Å². The normalized spacial score (nSPS) is 15.1. The van der Waals surface area contributed by atoms with Crippen LogP contribution in [0.4, 0.5) is 0 Å². The number of aryl methyl sites for hydroxylation is 1. The van der Waals surface area contributed by atoms with Crippen LogP contribution in [0.3, 0.4) is 0 Å². The van der Waals surface area contributed by atoms with Crippen molar-refractivity contribution in [3.8, 4) is 5.75 Å². The summed E-state index contributed by atoms with van der Waals surface area (Å²) in [6.07, 6.45) is 3.61. The number of likely N-dealkylation sites (tertiary alicyclic amines) is 1. The predicted molar refractivity (Wildman–Crippen MR) is 130 cm³/mol. The van der Waals surface area contributed by atoms with Gasteiger partial charge in [-0.1, -0.05) is 19.1 Å². The Kier molecular flexibility index (Phi) is 12.0. The molecule has 1 aromatic carbocycles. The van der Waals surface area contributed by atoms with E-state index in [-0.39, 0.29) is 24.0 Å². The van der Waals surface area contributed by atoms with E-state index in [1.54, 1.807) is 0 Å². The summed E-state index contributed by atoms with van der Waals surface area (Å²) in [7, 11) is 0. The highest BCUT2D eigenvalue weighted by molar-refractivity contribution is 14.0. The molecule has 0 saturated carbocycles. The molecule has 1 aliphatic heterocycles. The van der Waals surface area contributed by atoms with Gasteiger partial charge in [0, 0.05) is 37.7 Å². The van der Waals surface area contributed by atoms with Crippen molar-refractivity contribution in [2.24, 2.45) is 4.99 Å². The Morgan fingerprint density at radius 3 is 2.69 bits per heavy atom. The highest BCUT2D eigenvalue weighted by atomic mass is 127. The number of guanidine groups is 1. The summed E-state index contributed by atoms with van der Waals surface area (Å²) >= 11 is 0. The summed E-state index contributed by atoms with van der Waals surface area (Å²) in [5, 5.41) is 6.72. The fraction of sp³-hybridized carbons (Fsp3) is 0.636. The molecular weight excluding hydrogens is 479 g/mol. The van der Waals surface area contributed by atoms with E-state index in [9.17, 15) is 4.79 Å². The van der Waals surface area contributed by atoms with E-state index in [2.05, 4.69) is 49.6 Å². The van der Waals surface area contributed by atoms with Crippen LogP contribution in [0.25, 0.3) is 0 Å². The minimum Gasteiger partial charge on any atom is -0.494 e. The molecular formula is C22H37IN4O2. The summed E-state index contributed by atoms with van der Waals surface area (Å²) in [5.41, 5.74) is 2.27. The Labute approximate surface area is 192 Å². The van der Waals surface area contributed by atoms with Crippen molar-refractivity contribution in [1.82, 2.24) is 15.5 Å². The van der Waals surface area contributed by atoms with Gasteiger partial charge in [-0.3, -0.25) is 4.79 Å². The first-order chi connectivity index (χ1) is 13.6. The molecule has 0 aromatic heterocycles. The van der Waals surface area contributed by atoms with Gasteiger partial charge < -0.3 is 20.3 Å². The first-order valence-electron chi connectivity index (χ1n) is 10.6. The molecule has 1 aliphatic rings. The highest BCUT2D eigenvalue weighted by Crippen LogP contribution is 2.21. The van der Waals surface area contributed by atoms with Gasteiger partial charge in [0.15, 0.2) is 5.96 Å². The van der Waals surface area contributed by atoms with Gasteiger partial charge in [-0.15, -0.1) is 24.0 Å². The largest absolute Gasteiger partial charge is 0.494 e. The van der Waals surface area contributed by atoms with E-state index < -0.39 is 0 Å². The number of halogens is 1. The van der Waals surface area contributed by atoms with Gasteiger partial charge in [0.25, 0.3) is 0 Å². The van der Waals surface area contributed by atoms with Crippen LogP contribution < -0.4 is 15.4 Å². The van der Waals surface area contributed by atoms with E-state index in [1.807, 2.05) is 11.8 Å². The zero-order valence-corrected chi connectivity index (χ0v) is 20.6. The van der Waals surface area contributed by atoms with Crippen LogP contribution in [-0.2, 0) is 11.3 Å². The van der Waals surface area contributed by atoms with Crippen molar-refractivity contribution in [2.75, 3.05) is 26.2 Å². The Balaban J connectivity index is 0.00000420. The van der Waals surface area contributed by atoms with Gasteiger partial charge in [-0.05, 0) is 51.7 Å². The zero-order valence-electron chi connectivity index (χ0n) is 18.3. The Hall–Kier alpha value is -1.51. The molecule has 164 valence electrons. The maximum Gasteiger partial charge on any atom is 0.222 e. The summed E-state index contributed by atoms with van der Waals surface area (Å²) in [5.74, 6) is 2.00. The molecule has 0 bridgehead atoms. The fourth-order valence-corrected chi connectivity index (χ4v) is 3.58. The molecule has 1 fully saturated rings. The molecule has 0 radical (unpaired) electrons. The summed E-state index contributed by atoms with van der Waals surface area (Å²) in [6, 6.07) is 6.55. The molecule has 29 heavy (non-hydrogen) atoms. The van der Waals surface area contributed by atoms with E-state index in [1.165, 1.54) is 5.56 Å². The van der Waals surface area contributed by atoms with E-state index >= 15 is 0 Å². The Bertz CT molecular complexity index is 666. The van der Waals surface area contributed by atoms with Crippen molar-refractivity contribution in [3.05, 3.63) is 29.3 Å². The Morgan fingerprint density at radius 2 is 2.07 bits per heavy atom. The fourth-order valence-electron chi connectivity index (χ4n) is 3.58. The molecule has 1 unspecified atom stereocenters. The van der Waals surface area contributed by atoms with Gasteiger partial charge >= 0.3 is 0 Å². The van der Waals surface area contributed by atoms with Gasteiger partial charge in [0.1, 0.15) is 5.75 Å². The lowest BCUT2D eigenvalue weighted by Crippen LogP contribution is -2.42. The second-order valence-corrected chi connectivity index (χ2v) is 7.21. The third-order valence-electron chi connectivity index (χ3n) is 5.07. The van der Waals surface area contributed by atoms with Crippen molar-refractivity contribution < 1.29 is 9.53 Å². The highest BCUT2D eigenvalue weighted by Gasteiger charge is 2.26. The predicted octanol–water partition coefficient (Wildman–Crippen LogP) is 3.86. The van der Waals surface area contributed by atoms with Gasteiger partial charge in [-0.25, -0.2) is 4.99 Å². The molecule has 0 aliphatic carbocycles. The number of aliphatic imine (C=N–C) groups is 1. The molecule has 1 saturated heterocycles. The third-order valence-corrected chi connectivity index (χ3v) is 5.07. The smallest absolute Gasteiger partial charge is 0.222 e. The maximum absolute atomic E-state index is 12.0. The number of rotatable bonds is 10. The number of carbonyl (C=O) groups excluding carboxylic acids is 1. The number of nitrogens with one attached hydrogen (secondary N) is 2. The summed E-state index contributed by atoms with van der Waals surface area (Å²) in [6.45, 7) is 12.0. The molecule has 1 aromatic rings. The quantitative estimate of drug-likeness (QED) is 0.282. The molecule has 7 heteroatoms. The first-order valence-corrected chi connectivity index (χ1v) is 10.6. The van der Waals surface area contributed by atoms with Crippen molar-refractivity contribution in [1.29, 1.82) is 0 Å². The molecule has 0 spiro atoms. The lowest BCUT2D eigenvalue weighted by atomic mass is 10.1. The van der Waals surface area contributed by atoms with Crippen LogP contribution >= 0.6 is 24.0 Å². The number of carbonyl (C=O) groups is 1. The van der Waals surface area contributed by atoms with Crippen molar-refractivity contribution in [2.45, 2.75) is 66.0 Å². The van der Waals surface area contributed by atoms with Crippen LogP contribution in [0.15, 0.2) is 23.2 Å². The molecule has 6 nitrogen and oxygen atoms in total. The first kappa shape index (κ1) is 25.5. The molecule has 1 amide bonds. The monoisotopic (exact) mass is 516 g/mol. The summed E-state index contributed by atoms with van der Waals surface area (Å²) in [4.78, 5) is 18.8. The number of hydrogen-bond donors (Lipinski definition) is 2. The number of benzene rings is 1. The number of nitrogens with zero attached hydrogens (tertiary/aromatic N) is 2. The van der Waals surface area contributed by atoms with Crippen LogP contribution in [-0.4, -0.2) is 49.0 Å². The minimum atomic E-state index is 0. The average Bonchev–Trinajstić information content (AvgIpc) is 3.10. The standard InChI is InChI=1S/C22H36N4O2.HI/c1-5-19(26-14-8-9-21(26)27)12-13-24-22(23-6-2)25-16-18-11-10-17(4)15-20(18)28-7-3;/h10-11,15,19H,5-9,12-14,16H2,1-4H3,(H2,23,24,25);1H. The van der Waals surface area contributed by atoms with Gasteiger partial charge in [0.2, 0.25) is 5.91 Å². The number of amides is 1. The van der Waals surface area contributed by atoms with Crippen LogP contribution in [0.5, 0.6) is 5.75 Å². The van der Waals surface area contributed by atoms with Gasteiger partial charge in [0.05, 0.1) is 13.2 Å². The third kappa shape index (κ3) is 8.03. The zero-order chi connectivity index (χ0) is 20.4. The van der Waals surface area contributed by atoms with Crippen molar-refractivity contribution >= 4 is 35.8 Å². The molecule has 1 heterocycles. The number of hydrogen-bond acceptors (Lipinski definition) is 3. The van der Waals surface area contributed by atoms with Crippen LogP contribution in [0.1, 0.15) is 57.6 Å². The van der Waals surface area contributed by atoms with E-state index in [0.717, 1.165) is 56.2 Å². The number of ether oxygens (including phenoxy) is 1. The minimum absolute atomic E-state index is 0. The van der Waals surface area contributed by atoms with Crippen LogP contribution in [0.2, 0.25) is 0 Å². The maximum atomic E-state index is 12.0. The average molecular weight is 516 g/mol.